The van der Waals surface area contributed by atoms with E-state index >= 15 is 0 Å². The van der Waals surface area contributed by atoms with Crippen molar-refractivity contribution in [3.8, 4) is 11.5 Å². The molecule has 118 valence electrons. The van der Waals surface area contributed by atoms with Crippen molar-refractivity contribution in [1.82, 2.24) is 5.32 Å². The third kappa shape index (κ3) is 2.91. The molecule has 1 N–H and O–H groups in total. The van der Waals surface area contributed by atoms with E-state index in [1.165, 1.54) is 12.8 Å². The van der Waals surface area contributed by atoms with Crippen LogP contribution in [-0.4, -0.2) is 26.3 Å². The van der Waals surface area contributed by atoms with Crippen LogP contribution < -0.4 is 14.8 Å². The van der Waals surface area contributed by atoms with Gasteiger partial charge in [0.1, 0.15) is 0 Å². The van der Waals surface area contributed by atoms with E-state index < -0.39 is 5.54 Å². The molecule has 0 unspecified atom stereocenters. The van der Waals surface area contributed by atoms with Crippen molar-refractivity contribution in [3.05, 3.63) is 35.2 Å². The molecule has 2 fully saturated rings. The first-order chi connectivity index (χ1) is 10.8. The highest BCUT2D eigenvalue weighted by atomic mass is 16.5. The van der Waals surface area contributed by atoms with Crippen molar-refractivity contribution in [2.75, 3.05) is 20.2 Å². The smallest absolute Gasteiger partial charge is 0.260 e. The largest absolute Gasteiger partial charge is 0.493 e. The third-order valence-corrected chi connectivity index (χ3v) is 4.94. The van der Waals surface area contributed by atoms with Gasteiger partial charge in [-0.1, -0.05) is 0 Å². The lowest BCUT2D eigenvalue weighted by Crippen LogP contribution is -2.37. The van der Waals surface area contributed by atoms with Crippen molar-refractivity contribution < 1.29 is 9.47 Å². The van der Waals surface area contributed by atoms with Crippen molar-refractivity contribution in [2.45, 2.75) is 50.2 Å². The highest BCUT2D eigenvalue weighted by Crippen LogP contribution is 2.40. The summed E-state index contributed by atoms with van der Waals surface area (Å²) >= 11 is 0. The fourth-order valence-corrected chi connectivity index (χ4v) is 3.55. The summed E-state index contributed by atoms with van der Waals surface area (Å²) in [5.41, 5.74) is 0.656. The zero-order valence-electron chi connectivity index (χ0n) is 13.2. The minimum atomic E-state index is -0.411. The summed E-state index contributed by atoms with van der Waals surface area (Å²) in [5, 5.41) is 3.34. The topological polar surface area (TPSA) is 34.9 Å². The minimum Gasteiger partial charge on any atom is -0.493 e. The first kappa shape index (κ1) is 15.2. The van der Waals surface area contributed by atoms with Crippen LogP contribution in [-0.2, 0) is 5.54 Å². The minimum absolute atomic E-state index is 0.293. The number of nitrogens with one attached hydrogen (secondary N) is 1. The first-order valence-electron chi connectivity index (χ1n) is 8.22. The summed E-state index contributed by atoms with van der Waals surface area (Å²) in [6.07, 6.45) is 6.71. The van der Waals surface area contributed by atoms with E-state index in [4.69, 9.17) is 16.0 Å². The number of hydrogen-bond acceptors (Lipinski definition) is 3. The van der Waals surface area contributed by atoms with Crippen LogP contribution in [0.25, 0.3) is 4.85 Å². The summed E-state index contributed by atoms with van der Waals surface area (Å²) in [5.74, 6) is 1.57. The van der Waals surface area contributed by atoms with Crippen molar-refractivity contribution >= 4 is 0 Å². The summed E-state index contributed by atoms with van der Waals surface area (Å²) in [4.78, 5) is 3.99. The second kappa shape index (κ2) is 6.58. The van der Waals surface area contributed by atoms with Gasteiger partial charge in [0, 0.05) is 31.5 Å². The Kier molecular flexibility index (Phi) is 4.54. The maximum Gasteiger partial charge on any atom is 0.260 e. The number of benzene rings is 1. The van der Waals surface area contributed by atoms with Crippen LogP contribution in [0.3, 0.4) is 0 Å². The van der Waals surface area contributed by atoms with E-state index in [9.17, 15) is 0 Å². The third-order valence-electron chi connectivity index (χ3n) is 4.94. The molecule has 4 nitrogen and oxygen atoms in total. The molecule has 4 heteroatoms. The average Bonchev–Trinajstić information content (AvgIpc) is 3.08. The second-order valence-corrected chi connectivity index (χ2v) is 6.28. The molecule has 0 amide bonds. The predicted octanol–water partition coefficient (Wildman–Crippen LogP) is 3.51. The molecule has 0 spiro atoms. The molecule has 1 saturated carbocycles. The fourth-order valence-electron chi connectivity index (χ4n) is 3.55. The van der Waals surface area contributed by atoms with Gasteiger partial charge in [-0.15, -0.1) is 0 Å². The number of nitrogens with zero attached hydrogens (tertiary/aromatic N) is 1. The monoisotopic (exact) mass is 300 g/mol. The summed E-state index contributed by atoms with van der Waals surface area (Å²) in [6, 6.07) is 6.03. The quantitative estimate of drug-likeness (QED) is 0.864. The summed E-state index contributed by atoms with van der Waals surface area (Å²) in [7, 11) is 1.67. The van der Waals surface area contributed by atoms with Gasteiger partial charge >= 0.3 is 0 Å². The molecule has 1 aliphatic carbocycles. The van der Waals surface area contributed by atoms with Crippen LogP contribution in [0.4, 0.5) is 0 Å². The Labute approximate surface area is 132 Å². The molecule has 1 saturated heterocycles. The molecule has 3 rings (SSSR count). The maximum absolute atomic E-state index is 7.70. The van der Waals surface area contributed by atoms with E-state index in [1.54, 1.807) is 7.11 Å². The van der Waals surface area contributed by atoms with E-state index in [0.717, 1.165) is 55.8 Å². The van der Waals surface area contributed by atoms with Crippen LogP contribution >= 0.6 is 0 Å². The highest BCUT2D eigenvalue weighted by Gasteiger charge is 2.40. The molecule has 1 heterocycles. The van der Waals surface area contributed by atoms with Crippen LogP contribution in [0.5, 0.6) is 11.5 Å². The lowest BCUT2D eigenvalue weighted by atomic mass is 9.82. The lowest BCUT2D eigenvalue weighted by molar-refractivity contribution is 0.200. The van der Waals surface area contributed by atoms with Gasteiger partial charge in [-0.25, -0.2) is 6.57 Å². The molecule has 0 radical (unpaired) electrons. The molecule has 1 aromatic rings. The fraction of sp³-hybridized carbons (Fsp3) is 0.611. The highest BCUT2D eigenvalue weighted by molar-refractivity contribution is 5.46. The Hall–Kier alpha value is -1.73. The molecule has 0 atom stereocenters. The van der Waals surface area contributed by atoms with Gasteiger partial charge in [0.2, 0.25) is 0 Å². The van der Waals surface area contributed by atoms with Gasteiger partial charge in [-0.2, -0.15) is 0 Å². The predicted molar refractivity (Wildman–Crippen MR) is 86.3 cm³/mol. The van der Waals surface area contributed by atoms with Crippen LogP contribution in [0.1, 0.15) is 44.1 Å². The van der Waals surface area contributed by atoms with Crippen LogP contribution in [0.2, 0.25) is 0 Å². The summed E-state index contributed by atoms with van der Waals surface area (Å²) < 4.78 is 11.6. The van der Waals surface area contributed by atoms with E-state index in [2.05, 4.69) is 10.2 Å². The Bertz CT molecular complexity index is 553. The lowest BCUT2D eigenvalue weighted by Gasteiger charge is -2.28. The molecular formula is C18H24N2O2. The Balaban J connectivity index is 1.90. The normalized spacial score (nSPS) is 21.3. The van der Waals surface area contributed by atoms with Gasteiger partial charge in [-0.3, -0.25) is 0 Å². The standard InChI is InChI=1S/C18H24N2O2/c1-19-18(9-11-20-12-10-18)14-7-8-16(21-2)17(13-14)22-15-5-3-4-6-15/h7-8,13,15,20H,3-6,9-12H2,2H3. The molecule has 0 bridgehead atoms. The van der Waals surface area contributed by atoms with Gasteiger partial charge in [-0.05, 0) is 43.9 Å². The zero-order chi connectivity index (χ0) is 15.4. The molecular weight excluding hydrogens is 276 g/mol. The number of piperidine rings is 1. The SMILES string of the molecule is [C-]#[N+]C1(c2ccc(OC)c(OC3CCCC3)c2)CCNCC1. The number of ether oxygens (including phenoxy) is 2. The van der Waals surface area contributed by atoms with Gasteiger partial charge in [0.25, 0.3) is 5.54 Å². The summed E-state index contributed by atoms with van der Waals surface area (Å²) in [6.45, 7) is 9.49. The molecule has 1 aromatic carbocycles. The molecule has 22 heavy (non-hydrogen) atoms. The molecule has 0 aromatic heterocycles. The van der Waals surface area contributed by atoms with Crippen molar-refractivity contribution in [2.24, 2.45) is 0 Å². The van der Waals surface area contributed by atoms with Crippen LogP contribution in [0, 0.1) is 6.57 Å². The van der Waals surface area contributed by atoms with E-state index in [1.807, 2.05) is 18.2 Å². The Morgan fingerprint density at radius 1 is 1.18 bits per heavy atom. The first-order valence-corrected chi connectivity index (χ1v) is 8.22. The van der Waals surface area contributed by atoms with E-state index in [0.29, 0.717) is 6.10 Å². The molecule has 2 aliphatic rings. The Morgan fingerprint density at radius 3 is 2.55 bits per heavy atom. The average molecular weight is 300 g/mol. The Morgan fingerprint density at radius 2 is 1.91 bits per heavy atom. The van der Waals surface area contributed by atoms with Gasteiger partial charge in [0.05, 0.1) is 13.2 Å². The molecule has 1 aliphatic heterocycles. The second-order valence-electron chi connectivity index (χ2n) is 6.28. The zero-order valence-corrected chi connectivity index (χ0v) is 13.2. The number of rotatable bonds is 4. The van der Waals surface area contributed by atoms with Crippen molar-refractivity contribution in [3.63, 3.8) is 0 Å². The van der Waals surface area contributed by atoms with Gasteiger partial charge in [0.15, 0.2) is 11.5 Å². The van der Waals surface area contributed by atoms with Crippen molar-refractivity contribution in [1.29, 1.82) is 0 Å². The number of hydrogen-bond donors (Lipinski definition) is 1. The van der Waals surface area contributed by atoms with Crippen LogP contribution in [0.15, 0.2) is 18.2 Å². The van der Waals surface area contributed by atoms with E-state index in [-0.39, 0.29) is 0 Å². The van der Waals surface area contributed by atoms with Gasteiger partial charge < -0.3 is 19.6 Å². The number of methoxy groups -OCH3 is 1. The maximum atomic E-state index is 7.70.